The predicted molar refractivity (Wildman–Crippen MR) is 92.6 cm³/mol. The standard InChI is InChI=1S/C15H21NO2.3ClH.Zr/c1-9(2)12-7-6-8-13(10(3)4)14(12)16-11(5)15(17)18;;;;/h6-10H,1-5H3,(H,17,18);3*1H;/q;;;;+3/p-3. The fraction of sp³-hybridized carbons (Fsp3) is 0.467. The number of benzene rings is 1. The van der Waals surface area contributed by atoms with Gasteiger partial charge < -0.3 is 5.11 Å². The number of hydrogen-bond acceptors (Lipinski definition) is 2. The summed E-state index contributed by atoms with van der Waals surface area (Å²) < 4.78 is 0. The Bertz CT molecular complexity index is 503. The van der Waals surface area contributed by atoms with Crippen LogP contribution in [0.2, 0.25) is 0 Å². The van der Waals surface area contributed by atoms with Gasteiger partial charge in [0.15, 0.2) is 0 Å². The van der Waals surface area contributed by atoms with E-state index in [2.05, 4.69) is 32.7 Å². The molecule has 1 aromatic rings. The molecule has 0 heterocycles. The summed E-state index contributed by atoms with van der Waals surface area (Å²) in [6.45, 7) is 9.90. The molecule has 0 bridgehead atoms. The van der Waals surface area contributed by atoms with Gasteiger partial charge in [-0.05, 0) is 29.9 Å². The van der Waals surface area contributed by atoms with Crippen molar-refractivity contribution in [1.29, 1.82) is 0 Å². The van der Waals surface area contributed by atoms with Crippen molar-refractivity contribution in [1.82, 2.24) is 0 Å². The maximum absolute atomic E-state index is 10.9. The summed E-state index contributed by atoms with van der Waals surface area (Å²) in [7, 11) is 15.0. The van der Waals surface area contributed by atoms with E-state index >= 15 is 0 Å². The van der Waals surface area contributed by atoms with Gasteiger partial charge >= 0.3 is 49.7 Å². The minimum atomic E-state index is -2.13. The van der Waals surface area contributed by atoms with E-state index in [1.807, 2.05) is 18.2 Å². The Balaban J connectivity index is 0.000000980. The second-order valence-corrected chi connectivity index (χ2v) is 16.5. The van der Waals surface area contributed by atoms with E-state index in [1.165, 1.54) is 6.92 Å². The molecule has 0 aliphatic heterocycles. The van der Waals surface area contributed by atoms with Gasteiger partial charge in [-0.1, -0.05) is 45.9 Å². The minimum absolute atomic E-state index is 0.130. The fourth-order valence-corrected chi connectivity index (χ4v) is 1.86. The molecular weight excluding hydrogens is 424 g/mol. The Morgan fingerprint density at radius 1 is 1.09 bits per heavy atom. The first-order valence-electron chi connectivity index (χ1n) is 6.82. The molecule has 22 heavy (non-hydrogen) atoms. The molecule has 0 aliphatic carbocycles. The van der Waals surface area contributed by atoms with Crippen LogP contribution in [0, 0.1) is 0 Å². The molecule has 0 aliphatic rings. The van der Waals surface area contributed by atoms with E-state index in [0.29, 0.717) is 11.8 Å². The van der Waals surface area contributed by atoms with Gasteiger partial charge in [-0.2, -0.15) is 0 Å². The third-order valence-corrected chi connectivity index (χ3v) is 2.93. The maximum atomic E-state index is 10.9. The second kappa shape index (κ2) is 10.8. The van der Waals surface area contributed by atoms with Crippen molar-refractivity contribution in [2.24, 2.45) is 4.99 Å². The molecule has 0 atom stereocenters. The molecule has 0 radical (unpaired) electrons. The topological polar surface area (TPSA) is 49.7 Å². The van der Waals surface area contributed by atoms with E-state index in [0.717, 1.165) is 16.8 Å². The zero-order valence-electron chi connectivity index (χ0n) is 13.3. The fourth-order valence-electron chi connectivity index (χ4n) is 1.86. The van der Waals surface area contributed by atoms with Crippen LogP contribution in [0.5, 0.6) is 0 Å². The molecule has 1 aromatic carbocycles. The van der Waals surface area contributed by atoms with Gasteiger partial charge in [0.05, 0.1) is 5.69 Å². The molecule has 0 saturated heterocycles. The molecule has 0 unspecified atom stereocenters. The Morgan fingerprint density at radius 2 is 1.45 bits per heavy atom. The summed E-state index contributed by atoms with van der Waals surface area (Å²) in [5.74, 6) is -0.323. The van der Waals surface area contributed by atoms with Gasteiger partial charge in [-0.3, -0.25) is 0 Å². The van der Waals surface area contributed by atoms with Gasteiger partial charge in [0.25, 0.3) is 0 Å². The normalized spacial score (nSPS) is 11.3. The van der Waals surface area contributed by atoms with Crippen molar-refractivity contribution in [2.75, 3.05) is 0 Å². The van der Waals surface area contributed by atoms with E-state index in [9.17, 15) is 4.79 Å². The van der Waals surface area contributed by atoms with Crippen molar-refractivity contribution < 1.29 is 28.1 Å². The Labute approximate surface area is 151 Å². The Kier molecular flexibility index (Phi) is 10.9. The molecule has 1 N–H and O–H groups in total. The Morgan fingerprint density at radius 3 is 1.73 bits per heavy atom. The summed E-state index contributed by atoms with van der Waals surface area (Å²) >= 11 is -2.13. The van der Waals surface area contributed by atoms with Crippen LogP contribution in [0.15, 0.2) is 23.2 Å². The number of aliphatic imine (C=N–C) groups is 1. The van der Waals surface area contributed by atoms with Crippen LogP contribution in [0.25, 0.3) is 0 Å². The number of rotatable bonds is 4. The first-order valence-corrected chi connectivity index (χ1v) is 16.3. The van der Waals surface area contributed by atoms with Gasteiger partial charge in [-0.25, -0.2) is 9.79 Å². The van der Waals surface area contributed by atoms with Gasteiger partial charge in [0, 0.05) is 0 Å². The molecule has 3 nitrogen and oxygen atoms in total. The molecule has 7 heteroatoms. The molecule has 0 fully saturated rings. The predicted octanol–water partition coefficient (Wildman–Crippen LogP) is 6.18. The van der Waals surface area contributed by atoms with E-state index < -0.39 is 24.1 Å². The number of carboxylic acids is 1. The van der Waals surface area contributed by atoms with Crippen LogP contribution >= 0.6 is 25.5 Å². The molecule has 1 rings (SSSR count). The van der Waals surface area contributed by atoms with E-state index in [1.54, 1.807) is 0 Å². The number of aliphatic carboxylic acids is 1. The number of carbonyl (C=O) groups is 1. The van der Waals surface area contributed by atoms with Crippen LogP contribution in [0.3, 0.4) is 0 Å². The van der Waals surface area contributed by atoms with Crippen LogP contribution in [-0.2, 0) is 23.0 Å². The van der Waals surface area contributed by atoms with E-state index in [4.69, 9.17) is 30.6 Å². The molecule has 0 spiro atoms. The first kappa shape index (κ1) is 22.1. The van der Waals surface area contributed by atoms with Crippen LogP contribution in [0.4, 0.5) is 5.69 Å². The third kappa shape index (κ3) is 8.10. The van der Waals surface area contributed by atoms with Gasteiger partial charge in [-0.15, -0.1) is 0 Å². The molecule has 0 aromatic heterocycles. The molecule has 123 valence electrons. The average Bonchev–Trinajstić information content (AvgIpc) is 2.37. The van der Waals surface area contributed by atoms with Crippen molar-refractivity contribution in [2.45, 2.75) is 46.5 Å². The second-order valence-electron chi connectivity index (χ2n) is 5.31. The summed E-state index contributed by atoms with van der Waals surface area (Å²) in [5.41, 5.74) is 3.15. The molecule has 0 amide bonds. The Hall–Kier alpha value is 0.113. The average molecular weight is 445 g/mol. The van der Waals surface area contributed by atoms with Crippen LogP contribution in [-0.4, -0.2) is 16.8 Å². The van der Waals surface area contributed by atoms with Crippen molar-refractivity contribution in [3.63, 3.8) is 0 Å². The molecular formula is C15H21Cl3NO2Zr. The van der Waals surface area contributed by atoms with Crippen molar-refractivity contribution in [3.8, 4) is 0 Å². The van der Waals surface area contributed by atoms with Gasteiger partial charge in [0.1, 0.15) is 5.71 Å². The SMILES string of the molecule is CC(=Nc1c(C(C)C)cccc1C(C)C)C(=O)O.[Cl][Zr]([Cl])[Cl]. The number of carboxylic acid groups (broad SMARTS) is 1. The quantitative estimate of drug-likeness (QED) is 0.564. The number of nitrogens with zero attached hydrogens (tertiary/aromatic N) is 1. The van der Waals surface area contributed by atoms with Crippen molar-refractivity contribution in [3.05, 3.63) is 29.3 Å². The number of para-hydroxylation sites is 1. The zero-order chi connectivity index (χ0) is 17.4. The van der Waals surface area contributed by atoms with E-state index in [-0.39, 0.29) is 5.71 Å². The number of halogens is 3. The third-order valence-electron chi connectivity index (χ3n) is 2.93. The first-order chi connectivity index (χ1) is 10.1. The summed E-state index contributed by atoms with van der Waals surface area (Å²) in [4.78, 5) is 15.3. The molecule has 0 saturated carbocycles. The van der Waals surface area contributed by atoms with Crippen LogP contribution < -0.4 is 0 Å². The van der Waals surface area contributed by atoms with Gasteiger partial charge in [0.2, 0.25) is 0 Å². The van der Waals surface area contributed by atoms with Crippen molar-refractivity contribution >= 4 is 42.9 Å². The summed E-state index contributed by atoms with van der Waals surface area (Å²) in [5, 5.41) is 8.97. The monoisotopic (exact) mass is 442 g/mol. The summed E-state index contributed by atoms with van der Waals surface area (Å²) in [6.07, 6.45) is 0. The summed E-state index contributed by atoms with van der Waals surface area (Å²) in [6, 6.07) is 6.05. The van der Waals surface area contributed by atoms with Crippen LogP contribution in [0.1, 0.15) is 57.6 Å². The number of hydrogen-bond donors (Lipinski definition) is 1. The zero-order valence-corrected chi connectivity index (χ0v) is 18.0.